The molecule has 148 valence electrons. The van der Waals surface area contributed by atoms with Crippen LogP contribution in [-0.4, -0.2) is 10.5 Å². The predicted molar refractivity (Wildman–Crippen MR) is 108 cm³/mol. The van der Waals surface area contributed by atoms with Gasteiger partial charge in [0.1, 0.15) is 5.69 Å². The number of thiophene rings is 1. The van der Waals surface area contributed by atoms with Gasteiger partial charge in [0.2, 0.25) is 0 Å². The van der Waals surface area contributed by atoms with E-state index in [1.54, 1.807) is 17.4 Å². The number of carbonyl (C=O) groups excluding carboxylic acids is 1. The van der Waals surface area contributed by atoms with Gasteiger partial charge in [0.05, 0.1) is 15.8 Å². The summed E-state index contributed by atoms with van der Waals surface area (Å²) in [5.74, 6) is -0.318. The van der Waals surface area contributed by atoms with E-state index in [4.69, 9.17) is 0 Å². The highest BCUT2D eigenvalue weighted by atomic mass is 32.1. The van der Waals surface area contributed by atoms with E-state index in [0.717, 1.165) is 27.9 Å². The van der Waals surface area contributed by atoms with Gasteiger partial charge in [-0.25, -0.2) is 0 Å². The summed E-state index contributed by atoms with van der Waals surface area (Å²) in [5.41, 5.74) is 2.18. The quantitative estimate of drug-likeness (QED) is 0.447. The van der Waals surface area contributed by atoms with Crippen LogP contribution in [0.3, 0.4) is 0 Å². The largest absolute Gasteiger partial charge is 0.416 e. The molecule has 3 nitrogen and oxygen atoms in total. The maximum atomic E-state index is 12.9. The third-order valence-electron chi connectivity index (χ3n) is 4.65. The lowest BCUT2D eigenvalue weighted by Gasteiger charge is -2.12. The minimum atomic E-state index is -4.41. The summed E-state index contributed by atoms with van der Waals surface area (Å²) in [6.07, 6.45) is -4.41. The van der Waals surface area contributed by atoms with Crippen molar-refractivity contribution in [1.29, 1.82) is 0 Å². The van der Waals surface area contributed by atoms with Crippen LogP contribution in [0.2, 0.25) is 0 Å². The Morgan fingerprint density at radius 1 is 0.966 bits per heavy atom. The van der Waals surface area contributed by atoms with Crippen LogP contribution in [-0.2, 0) is 19.3 Å². The second kappa shape index (κ2) is 7.75. The van der Waals surface area contributed by atoms with Gasteiger partial charge in [-0.3, -0.25) is 4.79 Å². The maximum Gasteiger partial charge on any atom is 0.416 e. The summed E-state index contributed by atoms with van der Waals surface area (Å²) in [5, 5.41) is 4.72. The second-order valence-electron chi connectivity index (χ2n) is 6.65. The van der Waals surface area contributed by atoms with Crippen molar-refractivity contribution in [3.63, 3.8) is 0 Å². The average Bonchev–Trinajstić information content (AvgIpc) is 3.29. The fourth-order valence-electron chi connectivity index (χ4n) is 3.23. The van der Waals surface area contributed by atoms with Gasteiger partial charge in [0.15, 0.2) is 0 Å². The number of rotatable bonds is 5. The lowest BCUT2D eigenvalue weighted by atomic mass is 10.1. The van der Waals surface area contributed by atoms with Crippen molar-refractivity contribution in [3.05, 3.63) is 94.5 Å². The van der Waals surface area contributed by atoms with Crippen LogP contribution in [0.1, 0.15) is 27.2 Å². The van der Waals surface area contributed by atoms with Crippen LogP contribution in [0.4, 0.5) is 13.2 Å². The van der Waals surface area contributed by atoms with E-state index in [1.165, 1.54) is 6.07 Å². The average molecular weight is 414 g/mol. The van der Waals surface area contributed by atoms with Crippen LogP contribution in [0.15, 0.2) is 72.1 Å². The van der Waals surface area contributed by atoms with E-state index in [9.17, 15) is 18.0 Å². The topological polar surface area (TPSA) is 34.0 Å². The zero-order chi connectivity index (χ0) is 20.4. The van der Waals surface area contributed by atoms with Gasteiger partial charge < -0.3 is 9.88 Å². The van der Waals surface area contributed by atoms with E-state index in [2.05, 4.69) is 5.32 Å². The van der Waals surface area contributed by atoms with E-state index in [1.807, 2.05) is 52.4 Å². The Bertz CT molecular complexity index is 1150. The van der Waals surface area contributed by atoms with Crippen molar-refractivity contribution in [2.24, 2.45) is 0 Å². The van der Waals surface area contributed by atoms with Crippen molar-refractivity contribution in [3.8, 4) is 0 Å². The molecule has 0 aliphatic rings. The zero-order valence-electron chi connectivity index (χ0n) is 15.2. The molecule has 0 bridgehead atoms. The molecule has 4 aromatic rings. The van der Waals surface area contributed by atoms with Gasteiger partial charge in [-0.1, -0.05) is 42.5 Å². The van der Waals surface area contributed by atoms with Gasteiger partial charge in [0.25, 0.3) is 5.91 Å². The molecule has 0 radical (unpaired) electrons. The third kappa shape index (κ3) is 4.19. The number of nitrogens with zero attached hydrogens (tertiary/aromatic N) is 1. The highest BCUT2D eigenvalue weighted by Crippen LogP contribution is 2.30. The lowest BCUT2D eigenvalue weighted by Crippen LogP contribution is -2.25. The van der Waals surface area contributed by atoms with Gasteiger partial charge >= 0.3 is 6.18 Å². The van der Waals surface area contributed by atoms with Crippen molar-refractivity contribution in [1.82, 2.24) is 9.88 Å². The molecule has 4 rings (SSSR count). The number of benzene rings is 2. The summed E-state index contributed by atoms with van der Waals surface area (Å²) in [6, 6.07) is 18.6. The first-order valence-corrected chi connectivity index (χ1v) is 9.85. The molecule has 2 heterocycles. The molecular weight excluding hydrogens is 397 g/mol. The lowest BCUT2D eigenvalue weighted by molar-refractivity contribution is -0.137. The molecule has 0 unspecified atom stereocenters. The number of amides is 1. The van der Waals surface area contributed by atoms with Crippen LogP contribution in [0, 0.1) is 0 Å². The third-order valence-corrected chi connectivity index (χ3v) is 5.50. The molecule has 1 amide bonds. The molecule has 0 saturated heterocycles. The Morgan fingerprint density at radius 2 is 1.72 bits per heavy atom. The number of fused-ring (bicyclic) bond motifs is 1. The van der Waals surface area contributed by atoms with E-state index in [0.29, 0.717) is 17.8 Å². The number of aromatic nitrogens is 1. The minimum absolute atomic E-state index is 0.0208. The summed E-state index contributed by atoms with van der Waals surface area (Å²) >= 11 is 1.54. The van der Waals surface area contributed by atoms with Gasteiger partial charge in [-0.15, -0.1) is 11.3 Å². The number of nitrogens with one attached hydrogen (secondary N) is 1. The normalized spacial score (nSPS) is 11.7. The monoisotopic (exact) mass is 414 g/mol. The molecule has 0 atom stereocenters. The van der Waals surface area contributed by atoms with Crippen molar-refractivity contribution in [2.75, 3.05) is 0 Å². The predicted octanol–water partition coefficient (Wildman–Crippen LogP) is 5.70. The fraction of sp³-hybridized carbons (Fsp3) is 0.136. The Morgan fingerprint density at radius 3 is 2.48 bits per heavy atom. The molecule has 0 fully saturated rings. The zero-order valence-corrected chi connectivity index (χ0v) is 16.1. The van der Waals surface area contributed by atoms with E-state index >= 15 is 0 Å². The molecule has 7 heteroatoms. The molecule has 29 heavy (non-hydrogen) atoms. The standard InChI is InChI=1S/C22H17F3N2OS/c23-22(24,25)17-8-4-7-16(11-17)13-26-21(28)19-12-20-18(9-10-29-20)27(19)14-15-5-2-1-3-6-15/h1-12H,13-14H2,(H,26,28). The molecule has 2 aromatic heterocycles. The van der Waals surface area contributed by atoms with Crippen molar-refractivity contribution < 1.29 is 18.0 Å². The van der Waals surface area contributed by atoms with Crippen molar-refractivity contribution in [2.45, 2.75) is 19.3 Å². The van der Waals surface area contributed by atoms with Crippen LogP contribution >= 0.6 is 11.3 Å². The number of halogens is 3. The van der Waals surface area contributed by atoms with Crippen molar-refractivity contribution >= 4 is 27.5 Å². The van der Waals surface area contributed by atoms with Gasteiger partial charge in [-0.05, 0) is 40.8 Å². The SMILES string of the molecule is O=C(NCc1cccc(C(F)(F)F)c1)c1cc2sccc2n1Cc1ccccc1. The Balaban J connectivity index is 1.56. The second-order valence-corrected chi connectivity index (χ2v) is 7.60. The summed E-state index contributed by atoms with van der Waals surface area (Å²) in [4.78, 5) is 12.8. The highest BCUT2D eigenvalue weighted by Gasteiger charge is 2.30. The Hall–Kier alpha value is -3.06. The Kier molecular flexibility index (Phi) is 5.15. The summed E-state index contributed by atoms with van der Waals surface area (Å²) in [6.45, 7) is 0.556. The molecule has 1 N–H and O–H groups in total. The number of carbonyl (C=O) groups is 1. The molecule has 0 spiro atoms. The summed E-state index contributed by atoms with van der Waals surface area (Å²) in [7, 11) is 0. The number of hydrogen-bond acceptors (Lipinski definition) is 2. The first-order valence-electron chi connectivity index (χ1n) is 8.97. The first-order chi connectivity index (χ1) is 13.9. The molecule has 0 aliphatic heterocycles. The summed E-state index contributed by atoms with van der Waals surface area (Å²) < 4.78 is 41.6. The van der Waals surface area contributed by atoms with Crippen LogP contribution < -0.4 is 5.32 Å². The highest BCUT2D eigenvalue weighted by molar-refractivity contribution is 7.17. The molecule has 0 aliphatic carbocycles. The Labute approximate surface area is 169 Å². The molecule has 2 aromatic carbocycles. The molecule has 0 saturated carbocycles. The van der Waals surface area contributed by atoms with Gasteiger partial charge in [-0.2, -0.15) is 13.2 Å². The fourth-order valence-corrected chi connectivity index (χ4v) is 4.05. The minimum Gasteiger partial charge on any atom is -0.347 e. The van der Waals surface area contributed by atoms with Crippen LogP contribution in [0.25, 0.3) is 10.2 Å². The van der Waals surface area contributed by atoms with E-state index in [-0.39, 0.29) is 12.5 Å². The van der Waals surface area contributed by atoms with E-state index < -0.39 is 11.7 Å². The molecular formula is C22H17F3N2OS. The first kappa shape index (κ1) is 19.3. The number of hydrogen-bond donors (Lipinski definition) is 1. The smallest absolute Gasteiger partial charge is 0.347 e. The van der Waals surface area contributed by atoms with Crippen LogP contribution in [0.5, 0.6) is 0 Å². The van der Waals surface area contributed by atoms with Gasteiger partial charge in [0, 0.05) is 13.1 Å². The maximum absolute atomic E-state index is 12.9. The number of alkyl halides is 3.